The molecule has 2 atom stereocenters. The first-order valence-electron chi connectivity index (χ1n) is 8.44. The van der Waals surface area contributed by atoms with Gasteiger partial charge < -0.3 is 14.1 Å². The van der Waals surface area contributed by atoms with E-state index in [-0.39, 0.29) is 23.2 Å². The predicted molar refractivity (Wildman–Crippen MR) is 97.4 cm³/mol. The van der Waals surface area contributed by atoms with Gasteiger partial charge in [0.15, 0.2) is 8.32 Å². The lowest BCUT2D eigenvalue weighted by atomic mass is 10.2. The summed E-state index contributed by atoms with van der Waals surface area (Å²) in [7, 11) is -1.91. The molecular formula is C16H32N4O3Si. The Kier molecular flexibility index (Phi) is 6.35. The Morgan fingerprint density at radius 1 is 1.29 bits per heavy atom. The van der Waals surface area contributed by atoms with Crippen LogP contribution in [0.4, 0.5) is 4.79 Å². The largest absolute Gasteiger partial charge is 0.444 e. The van der Waals surface area contributed by atoms with E-state index in [1.165, 1.54) is 0 Å². The van der Waals surface area contributed by atoms with Gasteiger partial charge >= 0.3 is 6.09 Å². The third kappa shape index (κ3) is 5.68. The van der Waals surface area contributed by atoms with Crippen LogP contribution in [0, 0.1) is 0 Å². The number of rotatable bonds is 4. The van der Waals surface area contributed by atoms with Crippen molar-refractivity contribution in [2.24, 2.45) is 5.11 Å². The molecule has 0 bridgehead atoms. The molecule has 1 amide bonds. The van der Waals surface area contributed by atoms with Gasteiger partial charge in [-0.15, -0.1) is 0 Å². The van der Waals surface area contributed by atoms with Gasteiger partial charge in [0.05, 0.1) is 18.7 Å². The van der Waals surface area contributed by atoms with Crippen LogP contribution in [0.2, 0.25) is 18.1 Å². The van der Waals surface area contributed by atoms with Crippen LogP contribution in [0.3, 0.4) is 0 Å². The Morgan fingerprint density at radius 3 is 2.33 bits per heavy atom. The first-order chi connectivity index (χ1) is 10.8. The zero-order valence-corrected chi connectivity index (χ0v) is 17.3. The van der Waals surface area contributed by atoms with Crippen molar-refractivity contribution < 1.29 is 14.0 Å². The average Bonchev–Trinajstić information content (AvgIpc) is 2.77. The highest BCUT2D eigenvalue weighted by Crippen LogP contribution is 2.37. The maximum atomic E-state index is 12.5. The fourth-order valence-corrected chi connectivity index (χ4v) is 3.31. The number of hydrogen-bond donors (Lipinski definition) is 0. The molecule has 8 heteroatoms. The highest BCUT2D eigenvalue weighted by molar-refractivity contribution is 6.74. The Morgan fingerprint density at radius 2 is 1.88 bits per heavy atom. The van der Waals surface area contributed by atoms with Crippen LogP contribution in [0.5, 0.6) is 0 Å². The molecule has 24 heavy (non-hydrogen) atoms. The van der Waals surface area contributed by atoms with Crippen LogP contribution >= 0.6 is 0 Å². The summed E-state index contributed by atoms with van der Waals surface area (Å²) < 4.78 is 11.8. The van der Waals surface area contributed by atoms with Gasteiger partial charge in [0.2, 0.25) is 0 Å². The number of nitrogens with zero attached hydrogens (tertiary/aromatic N) is 4. The Labute approximate surface area is 146 Å². The van der Waals surface area contributed by atoms with Crippen molar-refractivity contribution in [1.29, 1.82) is 0 Å². The van der Waals surface area contributed by atoms with E-state index in [1.54, 1.807) is 4.90 Å². The molecule has 1 saturated heterocycles. The van der Waals surface area contributed by atoms with Crippen LogP contribution < -0.4 is 0 Å². The van der Waals surface area contributed by atoms with Gasteiger partial charge in [-0.1, -0.05) is 25.9 Å². The minimum absolute atomic E-state index is 0.104. The van der Waals surface area contributed by atoms with Crippen LogP contribution in [-0.2, 0) is 9.16 Å². The van der Waals surface area contributed by atoms with Gasteiger partial charge in [0.1, 0.15) is 5.60 Å². The highest BCUT2D eigenvalue weighted by atomic mass is 28.4. The third-order valence-corrected chi connectivity index (χ3v) is 9.18. The number of hydrogen-bond acceptors (Lipinski definition) is 4. The Hall–Kier alpha value is -1.24. The minimum Gasteiger partial charge on any atom is -0.444 e. The molecule has 2 unspecified atom stereocenters. The summed E-state index contributed by atoms with van der Waals surface area (Å²) in [5, 5.41) is 3.89. The van der Waals surface area contributed by atoms with E-state index in [0.29, 0.717) is 19.6 Å². The van der Waals surface area contributed by atoms with Crippen molar-refractivity contribution in [1.82, 2.24) is 4.90 Å². The molecule has 0 spiro atoms. The summed E-state index contributed by atoms with van der Waals surface area (Å²) in [5.74, 6) is 0. The molecule has 138 valence electrons. The molecule has 0 radical (unpaired) electrons. The van der Waals surface area contributed by atoms with Gasteiger partial charge in [0, 0.05) is 11.5 Å². The van der Waals surface area contributed by atoms with Gasteiger partial charge in [-0.25, -0.2) is 4.79 Å². The zero-order valence-electron chi connectivity index (χ0n) is 16.3. The number of amides is 1. The molecule has 1 aliphatic rings. The summed E-state index contributed by atoms with van der Waals surface area (Å²) in [4.78, 5) is 17.0. The second-order valence-electron chi connectivity index (χ2n) is 8.95. The number of likely N-dealkylation sites (tertiary alicyclic amines) is 1. The van der Waals surface area contributed by atoms with E-state index in [4.69, 9.17) is 14.7 Å². The first kappa shape index (κ1) is 20.8. The van der Waals surface area contributed by atoms with Crippen LogP contribution in [0.15, 0.2) is 5.11 Å². The standard InChI is InChI=1S/C16H32N4O3Si/c1-15(2,3)23-14(21)20-10-12(18-19-17)9-13(20)11-22-24(7,8)16(4,5)6/h12-13H,9-11H2,1-8H3. The summed E-state index contributed by atoms with van der Waals surface area (Å²) in [6.45, 7) is 17.3. The van der Waals surface area contributed by atoms with E-state index < -0.39 is 13.9 Å². The van der Waals surface area contributed by atoms with E-state index in [2.05, 4.69) is 43.9 Å². The molecule has 7 nitrogen and oxygen atoms in total. The van der Waals surface area contributed by atoms with Crippen molar-refractivity contribution in [3.8, 4) is 0 Å². The SMILES string of the molecule is CC(C)(C)OC(=O)N1CC(N=[N+]=[N-])CC1CO[Si](C)(C)C(C)(C)C. The van der Waals surface area contributed by atoms with Crippen LogP contribution in [-0.4, -0.2) is 50.1 Å². The van der Waals surface area contributed by atoms with Gasteiger partial charge in [-0.2, -0.15) is 0 Å². The second-order valence-corrected chi connectivity index (χ2v) is 13.8. The lowest BCUT2D eigenvalue weighted by molar-refractivity contribution is 0.0180. The summed E-state index contributed by atoms with van der Waals surface area (Å²) in [5.41, 5.74) is 8.13. The zero-order chi connectivity index (χ0) is 18.8. The van der Waals surface area contributed by atoms with Crippen molar-refractivity contribution in [2.75, 3.05) is 13.2 Å². The van der Waals surface area contributed by atoms with Crippen molar-refractivity contribution in [2.45, 2.75) is 83.8 Å². The number of carbonyl (C=O) groups excluding carboxylic acids is 1. The third-order valence-electron chi connectivity index (χ3n) is 4.68. The fourth-order valence-electron chi connectivity index (χ4n) is 2.27. The van der Waals surface area contributed by atoms with Gasteiger partial charge in [0.25, 0.3) is 0 Å². The average molecular weight is 357 g/mol. The number of ether oxygens (including phenoxy) is 1. The molecule has 1 heterocycles. The second kappa shape index (κ2) is 7.33. The minimum atomic E-state index is -1.91. The number of azide groups is 1. The van der Waals surface area contributed by atoms with Crippen molar-refractivity contribution >= 4 is 14.4 Å². The highest BCUT2D eigenvalue weighted by Gasteiger charge is 2.41. The summed E-state index contributed by atoms with van der Waals surface area (Å²) in [6, 6.07) is -0.347. The molecule has 0 N–H and O–H groups in total. The molecule has 1 fully saturated rings. The lowest BCUT2D eigenvalue weighted by Gasteiger charge is -2.38. The Bertz CT molecular complexity index is 504. The van der Waals surface area contributed by atoms with E-state index in [1.807, 2.05) is 20.8 Å². The maximum absolute atomic E-state index is 12.5. The summed E-state index contributed by atoms with van der Waals surface area (Å²) in [6.07, 6.45) is 0.236. The quantitative estimate of drug-likeness (QED) is 0.316. The summed E-state index contributed by atoms with van der Waals surface area (Å²) >= 11 is 0. The molecule has 0 aromatic heterocycles. The van der Waals surface area contributed by atoms with Gasteiger partial charge in [-0.3, -0.25) is 0 Å². The number of carbonyl (C=O) groups is 1. The molecule has 1 aliphatic heterocycles. The lowest BCUT2D eigenvalue weighted by Crippen LogP contribution is -2.46. The predicted octanol–water partition coefficient (Wildman–Crippen LogP) is 4.70. The fraction of sp³-hybridized carbons (Fsp3) is 0.938. The Balaban J connectivity index is 2.84. The molecule has 0 aliphatic carbocycles. The van der Waals surface area contributed by atoms with Gasteiger partial charge in [-0.05, 0) is 50.9 Å². The smallest absolute Gasteiger partial charge is 0.410 e. The maximum Gasteiger partial charge on any atom is 0.410 e. The molecule has 1 rings (SSSR count). The van der Waals surface area contributed by atoms with Crippen molar-refractivity contribution in [3.05, 3.63) is 10.4 Å². The van der Waals surface area contributed by atoms with Crippen molar-refractivity contribution in [3.63, 3.8) is 0 Å². The van der Waals surface area contributed by atoms with E-state index >= 15 is 0 Å². The normalized spacial score (nSPS) is 22.2. The molecule has 0 aromatic carbocycles. The van der Waals surface area contributed by atoms with Crippen LogP contribution in [0.1, 0.15) is 48.0 Å². The monoisotopic (exact) mass is 356 g/mol. The first-order valence-corrected chi connectivity index (χ1v) is 11.4. The molecule has 0 aromatic rings. The van der Waals surface area contributed by atoms with E-state index in [9.17, 15) is 4.79 Å². The topological polar surface area (TPSA) is 87.5 Å². The van der Waals surface area contributed by atoms with Crippen LogP contribution in [0.25, 0.3) is 10.4 Å². The van der Waals surface area contributed by atoms with E-state index in [0.717, 1.165) is 0 Å². The molecule has 0 saturated carbocycles. The molecular weight excluding hydrogens is 324 g/mol.